The van der Waals surface area contributed by atoms with E-state index in [1.54, 1.807) is 0 Å². The first kappa shape index (κ1) is 12.6. The number of hydrogen-bond donors (Lipinski definition) is 1. The Balaban J connectivity index is 1.61. The highest BCUT2D eigenvalue weighted by Gasteiger charge is 2.29. The maximum absolute atomic E-state index is 4.20. The Hall–Kier alpha value is -0.830. The second-order valence-corrected chi connectivity index (χ2v) is 5.27. The van der Waals surface area contributed by atoms with Crippen molar-refractivity contribution in [1.29, 1.82) is 0 Å². The first-order chi connectivity index (χ1) is 8.29. The number of aryl methyl sites for hydroxylation is 2. The number of hydrogen-bond acceptors (Lipinski definition) is 2. The molecule has 0 amide bonds. The van der Waals surface area contributed by atoms with Gasteiger partial charge in [0.25, 0.3) is 0 Å². The lowest BCUT2D eigenvalue weighted by Crippen LogP contribution is -2.30. The van der Waals surface area contributed by atoms with Crippen LogP contribution in [0.25, 0.3) is 0 Å². The van der Waals surface area contributed by atoms with Crippen LogP contribution in [0.3, 0.4) is 0 Å². The molecule has 0 radical (unpaired) electrons. The molecule has 0 aromatic carbocycles. The minimum absolute atomic E-state index is 0.786. The van der Waals surface area contributed by atoms with Crippen molar-refractivity contribution >= 4 is 0 Å². The van der Waals surface area contributed by atoms with Gasteiger partial charge >= 0.3 is 0 Å². The van der Waals surface area contributed by atoms with Gasteiger partial charge in [-0.15, -0.1) is 0 Å². The summed E-state index contributed by atoms with van der Waals surface area (Å²) in [6, 6.07) is 0.786. The van der Waals surface area contributed by atoms with Gasteiger partial charge in [0.1, 0.15) is 0 Å². The predicted octanol–water partition coefficient (Wildman–Crippen LogP) is 2.52. The van der Waals surface area contributed by atoms with Gasteiger partial charge < -0.3 is 5.32 Å². The van der Waals surface area contributed by atoms with Crippen LogP contribution in [0.2, 0.25) is 0 Å². The number of unbranched alkanes of at least 4 members (excludes halogenated alkanes) is 1. The third-order valence-electron chi connectivity index (χ3n) is 3.65. The van der Waals surface area contributed by atoms with Crippen molar-refractivity contribution in [3.8, 4) is 0 Å². The third-order valence-corrected chi connectivity index (χ3v) is 3.65. The monoisotopic (exact) mass is 235 g/mol. The molecule has 0 saturated heterocycles. The molecule has 0 spiro atoms. The van der Waals surface area contributed by atoms with Gasteiger partial charge in [-0.1, -0.05) is 13.3 Å². The predicted molar refractivity (Wildman–Crippen MR) is 71.0 cm³/mol. The van der Waals surface area contributed by atoms with Crippen LogP contribution in [0.5, 0.6) is 0 Å². The van der Waals surface area contributed by atoms with Crippen LogP contribution >= 0.6 is 0 Å². The largest absolute Gasteiger partial charge is 0.314 e. The van der Waals surface area contributed by atoms with E-state index < -0.39 is 0 Å². The smallest absolute Gasteiger partial charge is 0.0521 e. The fraction of sp³-hybridized carbons (Fsp3) is 0.786. The van der Waals surface area contributed by atoms with Crippen molar-refractivity contribution in [3.63, 3.8) is 0 Å². The molecule has 1 aliphatic rings. The summed E-state index contributed by atoms with van der Waals surface area (Å²) in [6.07, 6.45) is 12.2. The maximum atomic E-state index is 4.20. The topological polar surface area (TPSA) is 29.9 Å². The van der Waals surface area contributed by atoms with Gasteiger partial charge in [-0.2, -0.15) is 5.10 Å². The van der Waals surface area contributed by atoms with Gasteiger partial charge in [0.2, 0.25) is 0 Å². The first-order valence-electron chi connectivity index (χ1n) is 7.00. The minimum Gasteiger partial charge on any atom is -0.314 e. The average Bonchev–Trinajstić information content (AvgIpc) is 3.07. The molecule has 1 heterocycles. The van der Waals surface area contributed by atoms with Gasteiger partial charge in [-0.25, -0.2) is 0 Å². The van der Waals surface area contributed by atoms with Crippen molar-refractivity contribution in [3.05, 3.63) is 18.0 Å². The Bertz CT molecular complexity index is 328. The van der Waals surface area contributed by atoms with E-state index in [2.05, 4.69) is 23.5 Å². The van der Waals surface area contributed by atoms with Crippen molar-refractivity contribution in [1.82, 2.24) is 15.1 Å². The van der Waals surface area contributed by atoms with Gasteiger partial charge in [0.15, 0.2) is 0 Å². The van der Waals surface area contributed by atoms with Crippen LogP contribution in [-0.2, 0) is 13.5 Å². The average molecular weight is 235 g/mol. The fourth-order valence-corrected chi connectivity index (χ4v) is 2.56. The molecule has 1 saturated carbocycles. The van der Waals surface area contributed by atoms with Crippen LogP contribution < -0.4 is 5.32 Å². The quantitative estimate of drug-likeness (QED) is 0.702. The van der Waals surface area contributed by atoms with Gasteiger partial charge in [0.05, 0.1) is 6.20 Å². The minimum atomic E-state index is 0.786. The van der Waals surface area contributed by atoms with Gasteiger partial charge in [0, 0.05) is 19.3 Å². The Morgan fingerprint density at radius 2 is 2.29 bits per heavy atom. The van der Waals surface area contributed by atoms with Crippen LogP contribution in [0.1, 0.15) is 44.6 Å². The molecule has 1 atom stereocenters. The van der Waals surface area contributed by atoms with Crippen LogP contribution in [0.15, 0.2) is 12.4 Å². The summed E-state index contributed by atoms with van der Waals surface area (Å²) in [4.78, 5) is 0. The second-order valence-electron chi connectivity index (χ2n) is 5.27. The summed E-state index contributed by atoms with van der Waals surface area (Å²) in [5.41, 5.74) is 1.37. The summed E-state index contributed by atoms with van der Waals surface area (Å²) in [5.74, 6) is 0.980. The molecule has 1 aromatic rings. The zero-order chi connectivity index (χ0) is 12.1. The Morgan fingerprint density at radius 3 is 2.88 bits per heavy atom. The summed E-state index contributed by atoms with van der Waals surface area (Å²) in [5, 5.41) is 7.83. The highest BCUT2D eigenvalue weighted by atomic mass is 15.2. The summed E-state index contributed by atoms with van der Waals surface area (Å²) >= 11 is 0. The molecule has 2 rings (SSSR count). The van der Waals surface area contributed by atoms with Crippen molar-refractivity contribution < 1.29 is 0 Å². The molecule has 96 valence electrons. The third kappa shape index (κ3) is 4.15. The number of nitrogens with zero attached hydrogens (tertiary/aromatic N) is 2. The van der Waals surface area contributed by atoms with Crippen molar-refractivity contribution in [2.45, 2.75) is 51.5 Å². The van der Waals surface area contributed by atoms with Crippen LogP contribution in [0.4, 0.5) is 0 Å². The molecule has 17 heavy (non-hydrogen) atoms. The first-order valence-corrected chi connectivity index (χ1v) is 7.00. The van der Waals surface area contributed by atoms with Gasteiger partial charge in [-0.05, 0) is 50.1 Å². The summed E-state index contributed by atoms with van der Waals surface area (Å²) in [6.45, 7) is 3.33. The zero-order valence-electron chi connectivity index (χ0n) is 11.2. The highest BCUT2D eigenvalue weighted by molar-refractivity contribution is 5.03. The van der Waals surface area contributed by atoms with Crippen molar-refractivity contribution in [2.75, 3.05) is 6.54 Å². The van der Waals surface area contributed by atoms with E-state index in [-0.39, 0.29) is 0 Å². The van der Waals surface area contributed by atoms with Gasteiger partial charge in [-0.3, -0.25) is 4.68 Å². The summed E-state index contributed by atoms with van der Waals surface area (Å²) < 4.78 is 1.89. The molecule has 1 N–H and O–H groups in total. The number of nitrogens with one attached hydrogen (secondary N) is 1. The standard InChI is InChI=1S/C14H25N3/c1-3-15-14(13-8-9-13)7-5-4-6-12-10-16-17(2)11-12/h10-11,13-15H,3-9H2,1-2H3. The van der Waals surface area contributed by atoms with E-state index in [1.165, 1.54) is 44.1 Å². The molecule has 1 aromatic heterocycles. The zero-order valence-corrected chi connectivity index (χ0v) is 11.2. The Kier molecular flexibility index (Phi) is 4.60. The molecular formula is C14H25N3. The Labute approximate surface area is 105 Å². The lowest BCUT2D eigenvalue weighted by Gasteiger charge is -2.16. The number of rotatable bonds is 8. The molecular weight excluding hydrogens is 210 g/mol. The molecule has 3 heteroatoms. The lowest BCUT2D eigenvalue weighted by atomic mass is 10.0. The molecule has 1 unspecified atom stereocenters. The summed E-state index contributed by atoms with van der Waals surface area (Å²) in [7, 11) is 1.98. The van der Waals surface area contributed by atoms with E-state index in [0.29, 0.717) is 0 Å². The Morgan fingerprint density at radius 1 is 1.47 bits per heavy atom. The molecule has 1 fully saturated rings. The van der Waals surface area contributed by atoms with E-state index in [1.807, 2.05) is 17.9 Å². The van der Waals surface area contributed by atoms with E-state index in [9.17, 15) is 0 Å². The highest BCUT2D eigenvalue weighted by Crippen LogP contribution is 2.34. The SMILES string of the molecule is CCNC(CCCCc1cnn(C)c1)C1CC1. The van der Waals surface area contributed by atoms with E-state index >= 15 is 0 Å². The van der Waals surface area contributed by atoms with Crippen molar-refractivity contribution in [2.24, 2.45) is 13.0 Å². The maximum Gasteiger partial charge on any atom is 0.0521 e. The fourth-order valence-electron chi connectivity index (χ4n) is 2.56. The molecule has 1 aliphatic carbocycles. The van der Waals surface area contributed by atoms with E-state index in [0.717, 1.165) is 18.5 Å². The molecule has 3 nitrogen and oxygen atoms in total. The van der Waals surface area contributed by atoms with Crippen LogP contribution in [-0.4, -0.2) is 22.4 Å². The van der Waals surface area contributed by atoms with E-state index in [4.69, 9.17) is 0 Å². The normalized spacial score (nSPS) is 17.3. The van der Waals surface area contributed by atoms with Crippen LogP contribution in [0, 0.1) is 5.92 Å². The molecule has 0 bridgehead atoms. The lowest BCUT2D eigenvalue weighted by molar-refractivity contribution is 0.428. The second kappa shape index (κ2) is 6.20. The number of aromatic nitrogens is 2. The molecule has 0 aliphatic heterocycles.